The van der Waals surface area contributed by atoms with Crippen LogP contribution in [0.25, 0.3) is 9.88 Å². The second-order valence-corrected chi connectivity index (χ2v) is 5.49. The summed E-state index contributed by atoms with van der Waals surface area (Å²) in [4.78, 5) is 5.33. The molecule has 14 heavy (non-hydrogen) atoms. The minimum atomic E-state index is 0.500. The second-order valence-electron chi connectivity index (χ2n) is 2.50. The van der Waals surface area contributed by atoms with E-state index >= 15 is 0 Å². The van der Waals surface area contributed by atoms with Gasteiger partial charge in [-0.1, -0.05) is 11.3 Å². The Labute approximate surface area is 93.6 Å². The normalized spacial score (nSPS) is 10.6. The van der Waals surface area contributed by atoms with Crippen molar-refractivity contribution in [1.29, 1.82) is 0 Å². The van der Waals surface area contributed by atoms with Crippen molar-refractivity contribution >= 4 is 39.6 Å². The van der Waals surface area contributed by atoms with E-state index in [-0.39, 0.29) is 0 Å². The lowest BCUT2D eigenvalue weighted by Crippen LogP contribution is -1.79. The Bertz CT molecular complexity index is 422. The highest BCUT2D eigenvalue weighted by molar-refractivity contribution is 7.97. The maximum absolute atomic E-state index is 5.51. The lowest BCUT2D eigenvalue weighted by atomic mass is 10.6. The zero-order chi connectivity index (χ0) is 9.97. The zero-order valence-corrected chi connectivity index (χ0v) is 9.88. The molecule has 0 amide bonds. The van der Waals surface area contributed by atoms with Crippen LogP contribution < -0.4 is 5.73 Å². The number of nitrogens with zero attached hydrogens (tertiary/aromatic N) is 3. The summed E-state index contributed by atoms with van der Waals surface area (Å²) in [5.74, 6) is 0.943. The molecule has 0 aliphatic heterocycles. The van der Waals surface area contributed by atoms with E-state index in [0.717, 1.165) is 20.6 Å². The smallest absolute Gasteiger partial charge is 0.203 e. The van der Waals surface area contributed by atoms with Gasteiger partial charge < -0.3 is 5.73 Å². The maximum atomic E-state index is 5.51. The molecule has 0 saturated heterocycles. The summed E-state index contributed by atoms with van der Waals surface area (Å²) in [6, 6.07) is 0. The Balaban J connectivity index is 2.24. The molecular weight excluding hydrogens is 236 g/mol. The van der Waals surface area contributed by atoms with Gasteiger partial charge in [-0.05, 0) is 6.26 Å². The Morgan fingerprint density at radius 1 is 1.43 bits per heavy atom. The topological polar surface area (TPSA) is 64.7 Å². The van der Waals surface area contributed by atoms with Crippen molar-refractivity contribution in [2.24, 2.45) is 0 Å². The van der Waals surface area contributed by atoms with Crippen LogP contribution in [0.2, 0.25) is 0 Å². The maximum Gasteiger partial charge on any atom is 0.203 e. The molecule has 0 spiro atoms. The third-order valence-corrected chi connectivity index (χ3v) is 4.14. The summed E-state index contributed by atoms with van der Waals surface area (Å²) >= 11 is 4.79. The average molecular weight is 244 g/mol. The molecule has 2 aromatic heterocycles. The van der Waals surface area contributed by atoms with Gasteiger partial charge in [-0.2, -0.15) is 11.8 Å². The summed E-state index contributed by atoms with van der Waals surface area (Å²) in [5.41, 5.74) is 5.51. The van der Waals surface area contributed by atoms with E-state index in [4.69, 9.17) is 5.73 Å². The van der Waals surface area contributed by atoms with E-state index in [1.54, 1.807) is 23.1 Å². The molecular formula is C7H8N4S3. The third kappa shape index (κ3) is 2.05. The summed E-state index contributed by atoms with van der Waals surface area (Å²) < 4.78 is 0. The molecule has 0 fully saturated rings. The zero-order valence-electron chi connectivity index (χ0n) is 7.43. The number of thioether (sulfide) groups is 1. The van der Waals surface area contributed by atoms with Gasteiger partial charge >= 0.3 is 0 Å². The highest BCUT2D eigenvalue weighted by Crippen LogP contribution is 2.30. The largest absolute Gasteiger partial charge is 0.374 e. The number of rotatable bonds is 3. The van der Waals surface area contributed by atoms with Crippen LogP contribution in [0.1, 0.15) is 5.01 Å². The molecule has 0 aliphatic carbocycles. The molecule has 7 heteroatoms. The first-order chi connectivity index (χ1) is 6.79. The Kier molecular flexibility index (Phi) is 2.99. The van der Waals surface area contributed by atoms with Gasteiger partial charge in [0.05, 0.1) is 4.88 Å². The quantitative estimate of drug-likeness (QED) is 0.895. The van der Waals surface area contributed by atoms with E-state index in [2.05, 4.69) is 21.4 Å². The van der Waals surface area contributed by atoms with Crippen molar-refractivity contribution < 1.29 is 0 Å². The van der Waals surface area contributed by atoms with E-state index in [0.29, 0.717) is 5.13 Å². The van der Waals surface area contributed by atoms with Crippen LogP contribution in [0, 0.1) is 0 Å². The number of nitrogen functional groups attached to an aromatic ring is 1. The molecule has 0 radical (unpaired) electrons. The molecule has 2 rings (SSSR count). The third-order valence-electron chi connectivity index (χ3n) is 1.47. The monoisotopic (exact) mass is 244 g/mol. The van der Waals surface area contributed by atoms with Crippen LogP contribution in [-0.4, -0.2) is 21.4 Å². The lowest BCUT2D eigenvalue weighted by molar-refractivity contribution is 1.10. The molecule has 0 saturated carbocycles. The van der Waals surface area contributed by atoms with Crippen LogP contribution in [0.3, 0.4) is 0 Å². The predicted molar refractivity (Wildman–Crippen MR) is 62.6 cm³/mol. The van der Waals surface area contributed by atoms with Crippen molar-refractivity contribution in [3.63, 3.8) is 0 Å². The number of thiazole rings is 1. The Hall–Kier alpha value is -0.660. The van der Waals surface area contributed by atoms with Crippen molar-refractivity contribution in [2.45, 2.75) is 5.75 Å². The van der Waals surface area contributed by atoms with E-state index < -0.39 is 0 Å². The summed E-state index contributed by atoms with van der Waals surface area (Å²) in [6.45, 7) is 0. The number of aromatic nitrogens is 3. The molecule has 0 aliphatic rings. The second kappa shape index (κ2) is 4.24. The van der Waals surface area contributed by atoms with Gasteiger partial charge in [0, 0.05) is 11.9 Å². The molecule has 74 valence electrons. The number of anilines is 1. The minimum absolute atomic E-state index is 0.500. The van der Waals surface area contributed by atoms with Crippen molar-refractivity contribution in [1.82, 2.24) is 15.2 Å². The summed E-state index contributed by atoms with van der Waals surface area (Å²) in [7, 11) is 0. The first-order valence-corrected chi connectivity index (χ1v) is 6.85. The van der Waals surface area contributed by atoms with Gasteiger partial charge in [-0.25, -0.2) is 4.98 Å². The predicted octanol–water partition coefficient (Wildman–Crippen LogP) is 2.11. The first-order valence-electron chi connectivity index (χ1n) is 3.82. The van der Waals surface area contributed by atoms with E-state index in [1.165, 1.54) is 11.3 Å². The Morgan fingerprint density at radius 2 is 2.29 bits per heavy atom. The number of hydrogen-bond donors (Lipinski definition) is 1. The molecule has 0 aromatic carbocycles. The molecule has 2 aromatic rings. The summed E-state index contributed by atoms with van der Waals surface area (Å²) in [6.07, 6.45) is 3.89. The van der Waals surface area contributed by atoms with Crippen molar-refractivity contribution in [3.05, 3.63) is 11.2 Å². The standard InChI is InChI=1S/C7H8N4S3/c1-12-3-5-9-2-4(13-5)6-10-11-7(8)14-6/h2H,3H2,1H3,(H2,8,11). The highest BCUT2D eigenvalue weighted by Gasteiger charge is 2.08. The molecule has 0 atom stereocenters. The van der Waals surface area contributed by atoms with Crippen molar-refractivity contribution in [3.8, 4) is 9.88 Å². The highest BCUT2D eigenvalue weighted by atomic mass is 32.2. The van der Waals surface area contributed by atoms with Crippen LogP contribution in [0.5, 0.6) is 0 Å². The molecule has 2 heterocycles. The number of nitrogens with two attached hydrogens (primary N) is 1. The fourth-order valence-corrected chi connectivity index (χ4v) is 3.20. The molecule has 4 nitrogen and oxygen atoms in total. The Morgan fingerprint density at radius 3 is 2.93 bits per heavy atom. The van der Waals surface area contributed by atoms with Gasteiger partial charge in [0.1, 0.15) is 5.01 Å². The fraction of sp³-hybridized carbons (Fsp3) is 0.286. The minimum Gasteiger partial charge on any atom is -0.374 e. The van der Waals surface area contributed by atoms with Crippen LogP contribution in [-0.2, 0) is 5.75 Å². The van der Waals surface area contributed by atoms with Gasteiger partial charge in [-0.15, -0.1) is 21.5 Å². The number of hydrogen-bond acceptors (Lipinski definition) is 7. The van der Waals surface area contributed by atoms with E-state index in [9.17, 15) is 0 Å². The van der Waals surface area contributed by atoms with Gasteiger partial charge in [0.15, 0.2) is 5.01 Å². The van der Waals surface area contributed by atoms with E-state index in [1.807, 2.05) is 6.20 Å². The van der Waals surface area contributed by atoms with Gasteiger partial charge in [-0.3, -0.25) is 0 Å². The van der Waals surface area contributed by atoms with Gasteiger partial charge in [0.2, 0.25) is 5.13 Å². The average Bonchev–Trinajstić information content (AvgIpc) is 2.74. The van der Waals surface area contributed by atoms with Crippen LogP contribution in [0.15, 0.2) is 6.20 Å². The summed E-state index contributed by atoms with van der Waals surface area (Å²) in [5, 5.41) is 10.2. The van der Waals surface area contributed by atoms with Crippen LogP contribution in [0.4, 0.5) is 5.13 Å². The molecule has 0 bridgehead atoms. The lowest BCUT2D eigenvalue weighted by Gasteiger charge is -1.86. The van der Waals surface area contributed by atoms with Crippen LogP contribution >= 0.6 is 34.4 Å². The first kappa shape index (κ1) is 9.88. The molecule has 0 unspecified atom stereocenters. The molecule has 2 N–H and O–H groups in total. The van der Waals surface area contributed by atoms with Gasteiger partial charge in [0.25, 0.3) is 0 Å². The fourth-order valence-electron chi connectivity index (χ4n) is 0.933. The SMILES string of the molecule is CSCc1ncc(-c2nnc(N)s2)s1. The van der Waals surface area contributed by atoms with Crippen molar-refractivity contribution in [2.75, 3.05) is 12.0 Å².